The smallest absolute Gasteiger partial charge is 0.147 e. The van der Waals surface area contributed by atoms with Gasteiger partial charge in [-0.1, -0.05) is 12.1 Å². The minimum atomic E-state index is 0.936. The van der Waals surface area contributed by atoms with Crippen molar-refractivity contribution in [2.75, 3.05) is 32.1 Å². The molecule has 0 unspecified atom stereocenters. The van der Waals surface area contributed by atoms with Crippen molar-refractivity contribution >= 4 is 5.82 Å². The van der Waals surface area contributed by atoms with Gasteiger partial charge in [-0.05, 0) is 26.4 Å². The van der Waals surface area contributed by atoms with Crippen LogP contribution in [0.5, 0.6) is 0 Å². The van der Waals surface area contributed by atoms with Gasteiger partial charge in [-0.3, -0.25) is 0 Å². The molecule has 86 valence electrons. The summed E-state index contributed by atoms with van der Waals surface area (Å²) in [6.45, 7) is 5.15. The maximum absolute atomic E-state index is 4.06. The summed E-state index contributed by atoms with van der Waals surface area (Å²) < 4.78 is 1.96. The quantitative estimate of drug-likeness (QED) is 0.676. The van der Waals surface area contributed by atoms with Crippen LogP contribution in [-0.2, 0) is 6.54 Å². The highest BCUT2D eigenvalue weighted by Crippen LogP contribution is 2.10. The Kier molecular flexibility index (Phi) is 5.10. The second-order valence-electron chi connectivity index (χ2n) is 3.69. The van der Waals surface area contributed by atoms with Crippen molar-refractivity contribution in [1.82, 2.24) is 20.3 Å². The largest absolute Gasteiger partial charge is 0.359 e. The third kappa shape index (κ3) is 3.51. The van der Waals surface area contributed by atoms with Gasteiger partial charge in [-0.15, -0.1) is 5.10 Å². The number of aromatic nitrogens is 3. The summed E-state index contributed by atoms with van der Waals surface area (Å²) in [6.07, 6.45) is 4.04. The van der Waals surface area contributed by atoms with E-state index in [4.69, 9.17) is 0 Å². The molecule has 0 aliphatic rings. The highest BCUT2D eigenvalue weighted by molar-refractivity contribution is 5.34. The average molecular weight is 211 g/mol. The monoisotopic (exact) mass is 211 g/mol. The predicted octanol–water partition coefficient (Wildman–Crippen LogP) is 0.734. The summed E-state index contributed by atoms with van der Waals surface area (Å²) in [7, 11) is 4.06. The zero-order valence-electron chi connectivity index (χ0n) is 9.90. The number of nitrogens with one attached hydrogen (secondary N) is 1. The number of hydrogen-bond donors (Lipinski definition) is 1. The summed E-state index contributed by atoms with van der Waals surface area (Å²) in [6, 6.07) is 0. The Hall–Kier alpha value is -1.10. The molecule has 0 atom stereocenters. The number of anilines is 1. The van der Waals surface area contributed by atoms with Crippen LogP contribution in [0.4, 0.5) is 5.82 Å². The second-order valence-corrected chi connectivity index (χ2v) is 3.69. The van der Waals surface area contributed by atoms with Crippen molar-refractivity contribution < 1.29 is 0 Å². The van der Waals surface area contributed by atoms with E-state index in [1.165, 1.54) is 0 Å². The third-order valence-electron chi connectivity index (χ3n) is 2.34. The fourth-order valence-corrected chi connectivity index (χ4v) is 1.53. The lowest BCUT2D eigenvalue weighted by molar-refractivity contribution is 0.571. The number of nitrogens with zero attached hydrogens (tertiary/aromatic N) is 4. The van der Waals surface area contributed by atoms with Crippen LogP contribution in [-0.4, -0.2) is 42.2 Å². The van der Waals surface area contributed by atoms with E-state index in [1.807, 2.05) is 17.9 Å². The third-order valence-corrected chi connectivity index (χ3v) is 2.34. The summed E-state index contributed by atoms with van der Waals surface area (Å²) in [5, 5.41) is 11.2. The van der Waals surface area contributed by atoms with Gasteiger partial charge >= 0.3 is 0 Å². The molecule has 1 N–H and O–H groups in total. The molecule has 1 heterocycles. The number of rotatable bonds is 7. The molecule has 15 heavy (non-hydrogen) atoms. The van der Waals surface area contributed by atoms with Gasteiger partial charge < -0.3 is 10.2 Å². The maximum atomic E-state index is 4.06. The van der Waals surface area contributed by atoms with E-state index in [0.29, 0.717) is 0 Å². The molecule has 5 nitrogen and oxygen atoms in total. The lowest BCUT2D eigenvalue weighted by Gasteiger charge is -2.18. The van der Waals surface area contributed by atoms with Gasteiger partial charge in [-0.2, -0.15) is 0 Å². The minimum absolute atomic E-state index is 0.936. The SMILES string of the molecule is CCCn1nncc1N(C)CCCNC. The highest BCUT2D eigenvalue weighted by Gasteiger charge is 2.07. The van der Waals surface area contributed by atoms with Gasteiger partial charge in [0.2, 0.25) is 0 Å². The van der Waals surface area contributed by atoms with Gasteiger partial charge in [0.05, 0.1) is 6.20 Å². The fourth-order valence-electron chi connectivity index (χ4n) is 1.53. The molecule has 0 amide bonds. The molecule has 0 bridgehead atoms. The van der Waals surface area contributed by atoms with Crippen molar-refractivity contribution in [2.24, 2.45) is 0 Å². The summed E-state index contributed by atoms with van der Waals surface area (Å²) in [5.41, 5.74) is 0. The first-order chi connectivity index (χ1) is 7.29. The average Bonchev–Trinajstić information content (AvgIpc) is 2.67. The van der Waals surface area contributed by atoms with Crippen molar-refractivity contribution in [2.45, 2.75) is 26.3 Å². The molecule has 0 aromatic carbocycles. The topological polar surface area (TPSA) is 46.0 Å². The molecule has 5 heteroatoms. The van der Waals surface area contributed by atoms with Crippen molar-refractivity contribution in [3.05, 3.63) is 6.20 Å². The zero-order chi connectivity index (χ0) is 11.1. The van der Waals surface area contributed by atoms with Crippen molar-refractivity contribution in [3.8, 4) is 0 Å². The summed E-state index contributed by atoms with van der Waals surface area (Å²) in [5.74, 6) is 1.10. The minimum Gasteiger partial charge on any atom is -0.359 e. The molecule has 0 saturated heterocycles. The molecule has 0 aliphatic carbocycles. The van der Waals surface area contributed by atoms with Crippen LogP contribution in [0, 0.1) is 0 Å². The van der Waals surface area contributed by atoms with Crippen LogP contribution in [0.3, 0.4) is 0 Å². The van der Waals surface area contributed by atoms with E-state index >= 15 is 0 Å². The van der Waals surface area contributed by atoms with E-state index in [0.717, 1.165) is 38.3 Å². The lowest BCUT2D eigenvalue weighted by atomic mass is 10.4. The van der Waals surface area contributed by atoms with Crippen LogP contribution in [0.1, 0.15) is 19.8 Å². The maximum Gasteiger partial charge on any atom is 0.147 e. The predicted molar refractivity (Wildman–Crippen MR) is 62.1 cm³/mol. The van der Waals surface area contributed by atoms with E-state index in [9.17, 15) is 0 Å². The Morgan fingerprint density at radius 3 is 3.00 bits per heavy atom. The molecule has 0 aliphatic heterocycles. The Bertz CT molecular complexity index is 271. The molecule has 0 saturated carbocycles. The van der Waals surface area contributed by atoms with E-state index in [-0.39, 0.29) is 0 Å². The normalized spacial score (nSPS) is 10.6. The van der Waals surface area contributed by atoms with Crippen molar-refractivity contribution in [1.29, 1.82) is 0 Å². The standard InChI is InChI=1S/C10H21N5/c1-4-7-15-10(9-12-13-15)14(3)8-5-6-11-2/h9,11H,4-8H2,1-3H3. The fraction of sp³-hybridized carbons (Fsp3) is 0.800. The lowest BCUT2D eigenvalue weighted by Crippen LogP contribution is -2.24. The van der Waals surface area contributed by atoms with Gasteiger partial charge in [0.25, 0.3) is 0 Å². The first kappa shape index (κ1) is 12.0. The molecular weight excluding hydrogens is 190 g/mol. The molecule has 0 spiro atoms. The molecule has 0 fully saturated rings. The Balaban J connectivity index is 2.48. The Labute approximate surface area is 91.5 Å². The summed E-state index contributed by atoms with van der Waals surface area (Å²) >= 11 is 0. The highest BCUT2D eigenvalue weighted by atomic mass is 15.5. The number of aryl methyl sites for hydroxylation is 1. The van der Waals surface area contributed by atoms with Crippen LogP contribution < -0.4 is 10.2 Å². The Morgan fingerprint density at radius 1 is 1.53 bits per heavy atom. The second kappa shape index (κ2) is 6.40. The van der Waals surface area contributed by atoms with Crippen LogP contribution in [0.15, 0.2) is 6.20 Å². The Morgan fingerprint density at radius 2 is 2.33 bits per heavy atom. The van der Waals surface area contributed by atoms with Crippen LogP contribution in [0.2, 0.25) is 0 Å². The van der Waals surface area contributed by atoms with Crippen molar-refractivity contribution in [3.63, 3.8) is 0 Å². The number of hydrogen-bond acceptors (Lipinski definition) is 4. The van der Waals surface area contributed by atoms with E-state index in [1.54, 1.807) is 0 Å². The van der Waals surface area contributed by atoms with Crippen LogP contribution in [0.25, 0.3) is 0 Å². The molecular formula is C10H21N5. The van der Waals surface area contributed by atoms with Gasteiger partial charge in [0.15, 0.2) is 0 Å². The molecule has 1 rings (SSSR count). The molecule has 0 radical (unpaired) electrons. The zero-order valence-corrected chi connectivity index (χ0v) is 9.90. The van der Waals surface area contributed by atoms with Crippen LogP contribution >= 0.6 is 0 Å². The first-order valence-electron chi connectivity index (χ1n) is 5.53. The van der Waals surface area contributed by atoms with Gasteiger partial charge in [-0.25, -0.2) is 4.68 Å². The van der Waals surface area contributed by atoms with Gasteiger partial charge in [0.1, 0.15) is 5.82 Å². The molecule has 1 aromatic heterocycles. The van der Waals surface area contributed by atoms with E-state index in [2.05, 4.69) is 34.5 Å². The first-order valence-corrected chi connectivity index (χ1v) is 5.53. The van der Waals surface area contributed by atoms with E-state index < -0.39 is 0 Å². The molecule has 1 aromatic rings. The van der Waals surface area contributed by atoms with Gasteiger partial charge in [0, 0.05) is 20.1 Å². The summed E-state index contributed by atoms with van der Waals surface area (Å²) in [4.78, 5) is 2.20.